The number of hydrogen-bond donors (Lipinski definition) is 1. The van der Waals surface area contributed by atoms with Gasteiger partial charge in [-0.05, 0) is 18.6 Å². The Hall–Kier alpha value is -1.31. The Morgan fingerprint density at radius 3 is 2.80 bits per heavy atom. The molecule has 0 saturated carbocycles. The van der Waals surface area contributed by atoms with Gasteiger partial charge in [0.2, 0.25) is 0 Å². The Labute approximate surface area is 126 Å². The molecule has 0 atom stereocenters. The third-order valence-corrected chi connectivity index (χ3v) is 5.26. The summed E-state index contributed by atoms with van der Waals surface area (Å²) in [5.41, 5.74) is 0.394. The predicted molar refractivity (Wildman–Crippen MR) is 80.2 cm³/mol. The number of anilines is 1. The summed E-state index contributed by atoms with van der Waals surface area (Å²) in [7, 11) is -3.70. The molecule has 0 fully saturated rings. The Morgan fingerprint density at radius 1 is 1.40 bits per heavy atom. The lowest BCUT2D eigenvalue weighted by Gasteiger charge is -2.12. The fourth-order valence-electron chi connectivity index (χ4n) is 1.45. The Morgan fingerprint density at radius 2 is 2.15 bits per heavy atom. The van der Waals surface area contributed by atoms with Crippen molar-refractivity contribution in [2.24, 2.45) is 0 Å². The van der Waals surface area contributed by atoms with Crippen molar-refractivity contribution in [2.75, 3.05) is 11.3 Å². The normalized spacial score (nSPS) is 11.3. The second-order valence-electron chi connectivity index (χ2n) is 3.88. The summed E-state index contributed by atoms with van der Waals surface area (Å²) in [4.78, 5) is 3.73. The topological polar surface area (TPSA) is 68.3 Å². The van der Waals surface area contributed by atoms with Gasteiger partial charge in [-0.3, -0.25) is 4.72 Å². The van der Waals surface area contributed by atoms with Crippen LogP contribution in [0.5, 0.6) is 5.75 Å². The molecule has 5 nitrogen and oxygen atoms in total. The van der Waals surface area contributed by atoms with Gasteiger partial charge in [0.1, 0.15) is 5.75 Å². The SMILES string of the molecule is CCCOc1ccccc1NS(=O)(=O)c1cnc(Cl)s1. The number of nitrogens with zero attached hydrogens (tertiary/aromatic N) is 1. The van der Waals surface area contributed by atoms with Gasteiger partial charge < -0.3 is 4.74 Å². The van der Waals surface area contributed by atoms with Gasteiger partial charge in [0.15, 0.2) is 8.68 Å². The van der Waals surface area contributed by atoms with Crippen LogP contribution in [-0.2, 0) is 10.0 Å². The molecule has 1 aromatic heterocycles. The summed E-state index contributed by atoms with van der Waals surface area (Å²) in [6.45, 7) is 2.50. The van der Waals surface area contributed by atoms with Crippen molar-refractivity contribution < 1.29 is 13.2 Å². The van der Waals surface area contributed by atoms with E-state index in [2.05, 4.69) is 9.71 Å². The molecule has 0 aliphatic heterocycles. The van der Waals surface area contributed by atoms with Gasteiger partial charge in [-0.2, -0.15) is 0 Å². The number of ether oxygens (including phenoxy) is 1. The van der Waals surface area contributed by atoms with Gasteiger partial charge in [0.05, 0.1) is 18.5 Å². The summed E-state index contributed by atoms with van der Waals surface area (Å²) >= 11 is 6.56. The molecule has 2 aromatic rings. The van der Waals surface area contributed by atoms with E-state index in [0.29, 0.717) is 18.0 Å². The first kappa shape index (κ1) is 15.1. The first-order chi connectivity index (χ1) is 9.53. The number of hydrogen-bond acceptors (Lipinski definition) is 5. The van der Waals surface area contributed by atoms with Crippen molar-refractivity contribution in [2.45, 2.75) is 17.6 Å². The minimum atomic E-state index is -3.70. The van der Waals surface area contributed by atoms with Gasteiger partial charge in [-0.25, -0.2) is 13.4 Å². The minimum Gasteiger partial charge on any atom is -0.491 e. The molecule has 0 bridgehead atoms. The molecular formula is C12H13ClN2O3S2. The van der Waals surface area contributed by atoms with Crippen LogP contribution in [0.2, 0.25) is 4.47 Å². The number of nitrogens with one attached hydrogen (secondary N) is 1. The lowest BCUT2D eigenvalue weighted by Crippen LogP contribution is -2.12. The second kappa shape index (κ2) is 6.43. The Bertz CT molecular complexity index is 686. The maximum Gasteiger partial charge on any atom is 0.273 e. The number of halogens is 1. The summed E-state index contributed by atoms with van der Waals surface area (Å²) in [6.07, 6.45) is 2.07. The first-order valence-electron chi connectivity index (χ1n) is 5.89. The highest BCUT2D eigenvalue weighted by molar-refractivity contribution is 7.94. The molecule has 2 rings (SSSR count). The summed E-state index contributed by atoms with van der Waals surface area (Å²) in [5, 5.41) is 0. The van der Waals surface area contributed by atoms with E-state index in [1.165, 1.54) is 6.20 Å². The van der Waals surface area contributed by atoms with Gasteiger partial charge >= 0.3 is 0 Å². The van der Waals surface area contributed by atoms with E-state index in [0.717, 1.165) is 17.8 Å². The van der Waals surface area contributed by atoms with Crippen LogP contribution < -0.4 is 9.46 Å². The number of rotatable bonds is 6. The summed E-state index contributed by atoms with van der Waals surface area (Å²) < 4.78 is 32.6. The molecule has 20 heavy (non-hydrogen) atoms. The standard InChI is InChI=1S/C12H13ClN2O3S2/c1-2-7-18-10-6-4-3-5-9(10)15-20(16,17)11-8-14-12(13)19-11/h3-6,8,15H,2,7H2,1H3. The maximum atomic E-state index is 12.2. The molecule has 0 unspecified atom stereocenters. The van der Waals surface area contributed by atoms with Crippen LogP contribution >= 0.6 is 22.9 Å². The molecule has 0 aliphatic carbocycles. The molecule has 0 radical (unpaired) electrons. The van der Waals surface area contributed by atoms with Crippen LogP contribution in [-0.4, -0.2) is 20.0 Å². The monoisotopic (exact) mass is 332 g/mol. The number of benzene rings is 1. The largest absolute Gasteiger partial charge is 0.491 e. The highest BCUT2D eigenvalue weighted by Gasteiger charge is 2.19. The lowest BCUT2D eigenvalue weighted by molar-refractivity contribution is 0.319. The Kier molecular flexibility index (Phi) is 4.85. The molecule has 108 valence electrons. The molecule has 0 saturated heterocycles. The zero-order valence-corrected chi connectivity index (χ0v) is 13.1. The zero-order chi connectivity index (χ0) is 14.6. The smallest absolute Gasteiger partial charge is 0.273 e. The number of thiazole rings is 1. The molecule has 0 amide bonds. The van der Waals surface area contributed by atoms with Crippen molar-refractivity contribution >= 4 is 38.6 Å². The summed E-state index contributed by atoms with van der Waals surface area (Å²) in [6, 6.07) is 6.88. The van der Waals surface area contributed by atoms with Crippen molar-refractivity contribution in [1.29, 1.82) is 0 Å². The fourth-order valence-corrected chi connectivity index (χ4v) is 3.81. The van der Waals surface area contributed by atoms with Crippen LogP contribution in [0.3, 0.4) is 0 Å². The molecule has 0 spiro atoms. The van der Waals surface area contributed by atoms with Crippen LogP contribution in [0.25, 0.3) is 0 Å². The van der Waals surface area contributed by atoms with Gasteiger partial charge in [-0.15, -0.1) is 0 Å². The van der Waals surface area contributed by atoms with E-state index >= 15 is 0 Å². The molecule has 1 heterocycles. The zero-order valence-electron chi connectivity index (χ0n) is 10.7. The third-order valence-electron chi connectivity index (χ3n) is 2.31. The maximum absolute atomic E-state index is 12.2. The van der Waals surface area contributed by atoms with E-state index in [1.54, 1.807) is 24.3 Å². The van der Waals surface area contributed by atoms with E-state index < -0.39 is 10.0 Å². The predicted octanol–water partition coefficient (Wildman–Crippen LogP) is 3.39. The average molecular weight is 333 g/mol. The minimum absolute atomic E-state index is 0.0628. The van der Waals surface area contributed by atoms with Gasteiger partial charge in [0.25, 0.3) is 10.0 Å². The van der Waals surface area contributed by atoms with Gasteiger partial charge in [0, 0.05) is 0 Å². The molecule has 8 heteroatoms. The average Bonchev–Trinajstić information content (AvgIpc) is 2.85. The van der Waals surface area contributed by atoms with Crippen LogP contribution in [0.1, 0.15) is 13.3 Å². The van der Waals surface area contributed by atoms with Crippen molar-refractivity contribution in [1.82, 2.24) is 4.98 Å². The van der Waals surface area contributed by atoms with Crippen LogP contribution in [0.15, 0.2) is 34.7 Å². The van der Waals surface area contributed by atoms with E-state index in [-0.39, 0.29) is 8.68 Å². The number of sulfonamides is 1. The molecule has 1 aromatic carbocycles. The van der Waals surface area contributed by atoms with E-state index in [1.807, 2.05) is 6.92 Å². The van der Waals surface area contributed by atoms with Gasteiger partial charge in [-0.1, -0.05) is 42.0 Å². The van der Waals surface area contributed by atoms with E-state index in [9.17, 15) is 8.42 Å². The number of aromatic nitrogens is 1. The van der Waals surface area contributed by atoms with Crippen molar-refractivity contribution in [3.63, 3.8) is 0 Å². The lowest BCUT2D eigenvalue weighted by atomic mass is 10.3. The highest BCUT2D eigenvalue weighted by Crippen LogP contribution is 2.29. The van der Waals surface area contributed by atoms with Crippen molar-refractivity contribution in [3.8, 4) is 5.75 Å². The Balaban J connectivity index is 2.25. The highest BCUT2D eigenvalue weighted by atomic mass is 35.5. The van der Waals surface area contributed by atoms with Crippen LogP contribution in [0, 0.1) is 0 Å². The number of para-hydroxylation sites is 2. The fraction of sp³-hybridized carbons (Fsp3) is 0.250. The van der Waals surface area contributed by atoms with Crippen LogP contribution in [0.4, 0.5) is 5.69 Å². The summed E-state index contributed by atoms with van der Waals surface area (Å²) in [5.74, 6) is 0.494. The molecule has 0 aliphatic rings. The third kappa shape index (κ3) is 3.62. The molecular weight excluding hydrogens is 320 g/mol. The van der Waals surface area contributed by atoms with Crippen molar-refractivity contribution in [3.05, 3.63) is 34.9 Å². The van der Waals surface area contributed by atoms with E-state index in [4.69, 9.17) is 16.3 Å². The first-order valence-corrected chi connectivity index (χ1v) is 8.56. The second-order valence-corrected chi connectivity index (χ2v) is 7.40. The molecule has 1 N–H and O–H groups in total. The quantitative estimate of drug-likeness (QED) is 0.880.